The van der Waals surface area contributed by atoms with Crippen molar-refractivity contribution in [2.24, 2.45) is 0 Å². The summed E-state index contributed by atoms with van der Waals surface area (Å²) in [6, 6.07) is 82.6. The highest BCUT2D eigenvalue weighted by atomic mass is 15.0. The molecule has 0 saturated carbocycles. The van der Waals surface area contributed by atoms with Crippen LogP contribution < -0.4 is 0 Å². The first-order valence-corrected chi connectivity index (χ1v) is 22.1. The smallest absolute Gasteiger partial charge is 0.164 e. The molecule has 0 saturated heterocycles. The summed E-state index contributed by atoms with van der Waals surface area (Å²) in [4.78, 5) is 15.8. The highest BCUT2D eigenvalue weighted by Crippen LogP contribution is 2.42. The van der Waals surface area contributed by atoms with Crippen LogP contribution in [0.15, 0.2) is 231 Å². The van der Waals surface area contributed by atoms with Gasteiger partial charge in [0.05, 0.1) is 16.7 Å². The van der Waals surface area contributed by atoms with Crippen molar-refractivity contribution in [1.29, 1.82) is 0 Å². The van der Waals surface area contributed by atoms with Gasteiger partial charge in [-0.1, -0.05) is 176 Å². The van der Waals surface area contributed by atoms with Gasteiger partial charge in [-0.25, -0.2) is 15.0 Å². The Balaban J connectivity index is 1.10. The van der Waals surface area contributed by atoms with E-state index in [4.69, 9.17) is 15.0 Å². The van der Waals surface area contributed by atoms with Crippen LogP contribution >= 0.6 is 0 Å². The van der Waals surface area contributed by atoms with Crippen LogP contribution in [0.3, 0.4) is 0 Å². The van der Waals surface area contributed by atoms with Crippen molar-refractivity contribution < 1.29 is 0 Å². The molecule has 0 aliphatic rings. The second-order valence-electron chi connectivity index (χ2n) is 16.8. The molecule has 4 heteroatoms. The molecule has 0 fully saturated rings. The molecule has 0 amide bonds. The third-order valence-corrected chi connectivity index (χ3v) is 13.0. The minimum Gasteiger partial charge on any atom is -0.309 e. The average Bonchev–Trinajstić information content (AvgIpc) is 3.68. The number of aromatic nitrogens is 4. The summed E-state index contributed by atoms with van der Waals surface area (Å²) in [7, 11) is 0. The topological polar surface area (TPSA) is 43.6 Å². The van der Waals surface area contributed by atoms with E-state index in [1.54, 1.807) is 0 Å². The molecule has 0 bridgehead atoms. The minimum absolute atomic E-state index is 0.618. The van der Waals surface area contributed by atoms with E-state index in [-0.39, 0.29) is 0 Å². The predicted molar refractivity (Wildman–Crippen MR) is 271 cm³/mol. The van der Waals surface area contributed by atoms with E-state index in [1.165, 1.54) is 48.8 Å². The molecule has 0 unspecified atom stereocenters. The van der Waals surface area contributed by atoms with Gasteiger partial charge in [0.25, 0.3) is 0 Å². The molecule has 13 rings (SSSR count). The van der Waals surface area contributed by atoms with Crippen molar-refractivity contribution in [2.75, 3.05) is 0 Å². The molecule has 0 spiro atoms. The molecule has 0 N–H and O–H groups in total. The van der Waals surface area contributed by atoms with Gasteiger partial charge in [0.2, 0.25) is 0 Å². The fourth-order valence-electron chi connectivity index (χ4n) is 9.73. The van der Waals surface area contributed by atoms with Gasteiger partial charge < -0.3 is 4.57 Å². The van der Waals surface area contributed by atoms with E-state index in [1.807, 2.05) is 18.2 Å². The summed E-state index contributed by atoms with van der Waals surface area (Å²) in [6.45, 7) is 0. The Morgan fingerprint density at radius 1 is 0.246 bits per heavy atom. The third-order valence-electron chi connectivity index (χ3n) is 13.0. The number of rotatable bonds is 6. The molecule has 4 nitrogen and oxygen atoms in total. The van der Waals surface area contributed by atoms with Crippen molar-refractivity contribution in [2.45, 2.75) is 0 Å². The van der Waals surface area contributed by atoms with Crippen LogP contribution in [0.1, 0.15) is 0 Å². The highest BCUT2D eigenvalue weighted by molar-refractivity contribution is 6.18. The maximum absolute atomic E-state index is 5.34. The summed E-state index contributed by atoms with van der Waals surface area (Å²) < 4.78 is 2.47. The standard InChI is InChI=1S/C61H38N4/c1-3-14-39(15-4-1)43-24-13-25-44(32-43)49-28-29-51-53(34-49)52(61-63-59(41-17-5-2-6-18-41)62-60(64-61)50-27-26-40-16-7-8-19-42(40)33-50)30-31-56(51)65-57-37-47-22-11-9-20-45(47)35-54(57)55-36-46-21-10-12-23-48(46)38-58(55)65/h1-38H. The molecule has 0 aliphatic carbocycles. The van der Waals surface area contributed by atoms with Crippen LogP contribution in [-0.4, -0.2) is 19.5 Å². The second-order valence-corrected chi connectivity index (χ2v) is 16.8. The molecule has 11 aromatic carbocycles. The van der Waals surface area contributed by atoms with Crippen LogP contribution in [0.2, 0.25) is 0 Å². The van der Waals surface area contributed by atoms with E-state index in [0.717, 1.165) is 60.7 Å². The SMILES string of the molecule is c1ccc(-c2cccc(-c3ccc4c(-n5c6cc7ccccc7cc6c6cc7ccccc7cc65)ccc(-c5nc(-c6ccccc6)nc(-c6ccc7ccccc7c6)n5)c4c3)c2)cc1. The quantitative estimate of drug-likeness (QED) is 0.168. The molecule has 2 heterocycles. The predicted octanol–water partition coefficient (Wildman–Crippen LogP) is 15.9. The first kappa shape index (κ1) is 36.9. The molecule has 0 aliphatic heterocycles. The van der Waals surface area contributed by atoms with Crippen LogP contribution in [0, 0.1) is 0 Å². The minimum atomic E-state index is 0.618. The summed E-state index contributed by atoms with van der Waals surface area (Å²) in [5.74, 6) is 1.88. The fourth-order valence-corrected chi connectivity index (χ4v) is 9.73. The van der Waals surface area contributed by atoms with Crippen molar-refractivity contribution in [3.05, 3.63) is 231 Å². The van der Waals surface area contributed by atoms with E-state index in [0.29, 0.717) is 17.5 Å². The molecular weight excluding hydrogens is 789 g/mol. The fraction of sp³-hybridized carbons (Fsp3) is 0. The number of nitrogens with zero attached hydrogens (tertiary/aromatic N) is 4. The van der Waals surface area contributed by atoms with Crippen LogP contribution in [0.25, 0.3) is 127 Å². The van der Waals surface area contributed by atoms with Crippen molar-refractivity contribution in [1.82, 2.24) is 19.5 Å². The van der Waals surface area contributed by atoms with Gasteiger partial charge in [-0.15, -0.1) is 0 Å². The Bertz CT molecular complexity index is 3910. The summed E-state index contributed by atoms with van der Waals surface area (Å²) in [5, 5.41) is 11.8. The van der Waals surface area contributed by atoms with E-state index in [9.17, 15) is 0 Å². The molecule has 65 heavy (non-hydrogen) atoms. The van der Waals surface area contributed by atoms with Crippen molar-refractivity contribution in [3.63, 3.8) is 0 Å². The zero-order chi connectivity index (χ0) is 42.8. The van der Waals surface area contributed by atoms with Gasteiger partial charge in [0, 0.05) is 32.8 Å². The van der Waals surface area contributed by atoms with Crippen LogP contribution in [-0.2, 0) is 0 Å². The van der Waals surface area contributed by atoms with Gasteiger partial charge in [-0.3, -0.25) is 0 Å². The van der Waals surface area contributed by atoms with Crippen molar-refractivity contribution >= 4 is 64.9 Å². The lowest BCUT2D eigenvalue weighted by molar-refractivity contribution is 1.08. The van der Waals surface area contributed by atoms with Gasteiger partial charge in [-0.05, 0) is 115 Å². The van der Waals surface area contributed by atoms with Gasteiger partial charge in [0.1, 0.15) is 0 Å². The Morgan fingerprint density at radius 3 is 1.37 bits per heavy atom. The number of fused-ring (bicyclic) bond motifs is 7. The maximum atomic E-state index is 5.34. The lowest BCUT2D eigenvalue weighted by atomic mass is 9.94. The van der Waals surface area contributed by atoms with Crippen LogP contribution in [0.5, 0.6) is 0 Å². The van der Waals surface area contributed by atoms with Crippen molar-refractivity contribution in [3.8, 4) is 62.1 Å². The molecule has 0 atom stereocenters. The van der Waals surface area contributed by atoms with E-state index < -0.39 is 0 Å². The zero-order valence-electron chi connectivity index (χ0n) is 35.2. The highest BCUT2D eigenvalue weighted by Gasteiger charge is 2.21. The Kier molecular flexibility index (Phi) is 8.50. The summed E-state index contributed by atoms with van der Waals surface area (Å²) in [6.07, 6.45) is 0. The van der Waals surface area contributed by atoms with Gasteiger partial charge in [0.15, 0.2) is 17.5 Å². The Morgan fingerprint density at radius 2 is 0.723 bits per heavy atom. The van der Waals surface area contributed by atoms with Gasteiger partial charge in [-0.2, -0.15) is 0 Å². The van der Waals surface area contributed by atoms with Crippen LogP contribution in [0.4, 0.5) is 0 Å². The third kappa shape index (κ3) is 6.34. The number of hydrogen-bond acceptors (Lipinski definition) is 3. The lowest BCUT2D eigenvalue weighted by Crippen LogP contribution is -2.02. The molecule has 0 radical (unpaired) electrons. The molecule has 302 valence electrons. The molecular formula is C61H38N4. The summed E-state index contributed by atoms with van der Waals surface area (Å²) in [5.41, 5.74) is 10.8. The van der Waals surface area contributed by atoms with Gasteiger partial charge >= 0.3 is 0 Å². The Labute approximate surface area is 375 Å². The summed E-state index contributed by atoms with van der Waals surface area (Å²) >= 11 is 0. The first-order valence-electron chi connectivity index (χ1n) is 22.1. The normalized spacial score (nSPS) is 11.7. The zero-order valence-corrected chi connectivity index (χ0v) is 35.2. The molecule has 2 aromatic heterocycles. The molecule has 13 aromatic rings. The Hall–Kier alpha value is -8.73. The van der Waals surface area contributed by atoms with E-state index in [2.05, 4.69) is 217 Å². The average molecular weight is 827 g/mol. The second kappa shape index (κ2) is 15.0. The number of hydrogen-bond donors (Lipinski definition) is 0. The number of benzene rings is 11. The van der Waals surface area contributed by atoms with E-state index >= 15 is 0 Å². The largest absolute Gasteiger partial charge is 0.309 e. The monoisotopic (exact) mass is 826 g/mol. The lowest BCUT2D eigenvalue weighted by Gasteiger charge is -2.17. The maximum Gasteiger partial charge on any atom is 0.164 e. The first-order chi connectivity index (χ1) is 32.2.